The van der Waals surface area contributed by atoms with E-state index in [0.717, 1.165) is 24.1 Å². The maximum atomic E-state index is 13.1. The Balaban J connectivity index is 1.24. The summed E-state index contributed by atoms with van der Waals surface area (Å²) < 4.78 is 13.5. The molecule has 2 amide bonds. The molecule has 0 saturated heterocycles. The lowest BCUT2D eigenvalue weighted by Gasteiger charge is -2.27. The smallest absolute Gasteiger partial charge is 0.258 e. The summed E-state index contributed by atoms with van der Waals surface area (Å²) in [4.78, 5) is 44.7. The van der Waals surface area contributed by atoms with Crippen LogP contribution >= 0.6 is 0 Å². The predicted molar refractivity (Wildman–Crippen MR) is 164 cm³/mol. The molecule has 0 saturated carbocycles. The van der Waals surface area contributed by atoms with Gasteiger partial charge >= 0.3 is 0 Å². The number of furan rings is 1. The van der Waals surface area contributed by atoms with Gasteiger partial charge in [0.05, 0.1) is 30.8 Å². The normalized spacial score (nSPS) is 14.9. The standard InChI is InChI=1S/C33H38N4O5/c1-5-37-28-14-13-25(22-29(28)34(4)31(39)33(2,3)32(37)40)41-21-9-16-35(23-26-11-8-20-42-26)18-19-36-17-15-24-10-6-7-12-27(24)30(36)38/h6-8,10-15,17,20,22H,5,9,16,18-19,21,23H2,1-4H3. The Bertz CT molecular complexity index is 1630. The fourth-order valence-corrected chi connectivity index (χ4v) is 5.50. The Kier molecular flexibility index (Phi) is 8.49. The maximum absolute atomic E-state index is 13.1. The molecule has 0 bridgehead atoms. The number of carbonyl (C=O) groups is 2. The van der Waals surface area contributed by atoms with Crippen LogP contribution in [0.2, 0.25) is 0 Å². The molecular weight excluding hydrogens is 532 g/mol. The zero-order valence-corrected chi connectivity index (χ0v) is 24.7. The van der Waals surface area contributed by atoms with E-state index in [4.69, 9.17) is 9.15 Å². The number of nitrogens with zero attached hydrogens (tertiary/aromatic N) is 4. The topological polar surface area (TPSA) is 88.2 Å². The highest BCUT2D eigenvalue weighted by Gasteiger charge is 2.45. The molecule has 0 fully saturated rings. The Morgan fingerprint density at radius 1 is 0.929 bits per heavy atom. The molecule has 3 heterocycles. The zero-order chi connectivity index (χ0) is 29.9. The highest BCUT2D eigenvalue weighted by Crippen LogP contribution is 2.40. The lowest BCUT2D eigenvalue weighted by molar-refractivity contribution is -0.137. The van der Waals surface area contributed by atoms with E-state index in [1.807, 2.05) is 73.8 Å². The molecule has 0 unspecified atom stereocenters. The van der Waals surface area contributed by atoms with E-state index in [-0.39, 0.29) is 17.4 Å². The number of pyridine rings is 1. The Morgan fingerprint density at radius 3 is 2.50 bits per heavy atom. The molecule has 5 rings (SSSR count). The van der Waals surface area contributed by atoms with Crippen LogP contribution in [-0.4, -0.2) is 54.6 Å². The fraction of sp³-hybridized carbons (Fsp3) is 0.364. The van der Waals surface area contributed by atoms with E-state index in [2.05, 4.69) is 4.90 Å². The molecule has 9 nitrogen and oxygen atoms in total. The molecule has 220 valence electrons. The van der Waals surface area contributed by atoms with Crippen LogP contribution in [0.5, 0.6) is 5.75 Å². The van der Waals surface area contributed by atoms with Crippen molar-refractivity contribution in [1.82, 2.24) is 9.47 Å². The molecule has 1 aliphatic heterocycles. The molecule has 0 radical (unpaired) electrons. The van der Waals surface area contributed by atoms with Crippen molar-refractivity contribution in [2.45, 2.75) is 40.3 Å². The van der Waals surface area contributed by atoms with Crippen LogP contribution in [0.4, 0.5) is 11.4 Å². The van der Waals surface area contributed by atoms with E-state index in [1.54, 1.807) is 41.5 Å². The lowest BCUT2D eigenvalue weighted by atomic mass is 9.90. The summed E-state index contributed by atoms with van der Waals surface area (Å²) in [7, 11) is 1.70. The number of rotatable bonds is 11. The van der Waals surface area contributed by atoms with Gasteiger partial charge in [0.1, 0.15) is 16.9 Å². The highest BCUT2D eigenvalue weighted by atomic mass is 16.5. The number of hydrogen-bond donors (Lipinski definition) is 0. The van der Waals surface area contributed by atoms with Gasteiger partial charge in [0.2, 0.25) is 11.8 Å². The Labute approximate surface area is 245 Å². The second-order valence-electron chi connectivity index (χ2n) is 11.1. The largest absolute Gasteiger partial charge is 0.493 e. The molecule has 0 aliphatic carbocycles. The minimum Gasteiger partial charge on any atom is -0.493 e. The van der Waals surface area contributed by atoms with Crippen molar-refractivity contribution in [3.63, 3.8) is 0 Å². The Morgan fingerprint density at radius 2 is 1.74 bits per heavy atom. The number of benzene rings is 2. The number of amides is 2. The summed E-state index contributed by atoms with van der Waals surface area (Å²) in [5, 5.41) is 1.66. The van der Waals surface area contributed by atoms with Gasteiger partial charge in [-0.1, -0.05) is 18.2 Å². The van der Waals surface area contributed by atoms with Crippen LogP contribution in [0.15, 0.2) is 82.3 Å². The van der Waals surface area contributed by atoms with Crippen LogP contribution in [0.25, 0.3) is 10.8 Å². The van der Waals surface area contributed by atoms with Crippen molar-refractivity contribution in [2.75, 3.05) is 43.1 Å². The first-order valence-corrected chi connectivity index (χ1v) is 14.4. The first kappa shape index (κ1) is 29.1. The fourth-order valence-electron chi connectivity index (χ4n) is 5.50. The van der Waals surface area contributed by atoms with Crippen molar-refractivity contribution < 1.29 is 18.7 Å². The summed E-state index contributed by atoms with van der Waals surface area (Å²) in [6, 6.07) is 19.0. The summed E-state index contributed by atoms with van der Waals surface area (Å²) in [6.07, 6.45) is 4.26. The van der Waals surface area contributed by atoms with Gasteiger partial charge in [-0.3, -0.25) is 19.3 Å². The number of aromatic nitrogens is 1. The third kappa shape index (κ3) is 5.83. The third-order valence-corrected chi connectivity index (χ3v) is 7.92. The van der Waals surface area contributed by atoms with Gasteiger partial charge in [0.25, 0.3) is 5.56 Å². The van der Waals surface area contributed by atoms with Gasteiger partial charge in [0, 0.05) is 50.9 Å². The van der Waals surface area contributed by atoms with Crippen LogP contribution in [0, 0.1) is 5.41 Å². The first-order chi connectivity index (χ1) is 20.2. The number of carbonyl (C=O) groups excluding carboxylic acids is 2. The van der Waals surface area contributed by atoms with E-state index < -0.39 is 5.41 Å². The second-order valence-corrected chi connectivity index (χ2v) is 11.1. The molecule has 1 aliphatic rings. The second kappa shape index (κ2) is 12.2. The zero-order valence-electron chi connectivity index (χ0n) is 24.7. The molecule has 9 heteroatoms. The highest BCUT2D eigenvalue weighted by molar-refractivity contribution is 6.20. The van der Waals surface area contributed by atoms with Crippen molar-refractivity contribution in [1.29, 1.82) is 0 Å². The molecule has 42 heavy (non-hydrogen) atoms. The van der Waals surface area contributed by atoms with E-state index >= 15 is 0 Å². The molecular formula is C33H38N4O5. The van der Waals surface area contributed by atoms with Gasteiger partial charge in [-0.15, -0.1) is 0 Å². The number of anilines is 2. The van der Waals surface area contributed by atoms with E-state index in [9.17, 15) is 14.4 Å². The SMILES string of the molecule is CCN1C(=O)C(C)(C)C(=O)N(C)c2cc(OCCCN(CCn3ccc4ccccc4c3=O)Cc3ccco3)ccc21. The van der Waals surface area contributed by atoms with Gasteiger partial charge in [-0.05, 0) is 69.0 Å². The minimum absolute atomic E-state index is 0.00719. The number of fused-ring (bicyclic) bond motifs is 2. The van der Waals surface area contributed by atoms with E-state index in [1.165, 1.54) is 0 Å². The quantitative estimate of drug-likeness (QED) is 0.188. The molecule has 0 N–H and O–H groups in total. The monoisotopic (exact) mass is 570 g/mol. The predicted octanol–water partition coefficient (Wildman–Crippen LogP) is 4.92. The van der Waals surface area contributed by atoms with Crippen LogP contribution < -0.4 is 20.1 Å². The summed E-state index contributed by atoms with van der Waals surface area (Å²) in [6.45, 7) is 8.76. The van der Waals surface area contributed by atoms with Gasteiger partial charge in [-0.2, -0.15) is 0 Å². The number of hydrogen-bond acceptors (Lipinski definition) is 6. The number of ether oxygens (including phenoxy) is 1. The summed E-state index contributed by atoms with van der Waals surface area (Å²) in [5.41, 5.74) is 0.205. The van der Waals surface area contributed by atoms with Crippen LogP contribution in [0.3, 0.4) is 0 Å². The van der Waals surface area contributed by atoms with Gasteiger partial charge in [0.15, 0.2) is 0 Å². The average molecular weight is 571 g/mol. The van der Waals surface area contributed by atoms with Crippen LogP contribution in [0.1, 0.15) is 33.0 Å². The molecule has 2 aromatic carbocycles. The van der Waals surface area contributed by atoms with Crippen molar-refractivity contribution >= 4 is 34.0 Å². The summed E-state index contributed by atoms with van der Waals surface area (Å²) >= 11 is 0. The third-order valence-electron chi connectivity index (χ3n) is 7.92. The van der Waals surface area contributed by atoms with Crippen molar-refractivity contribution in [2.24, 2.45) is 5.41 Å². The lowest BCUT2D eigenvalue weighted by Crippen LogP contribution is -2.47. The maximum Gasteiger partial charge on any atom is 0.258 e. The van der Waals surface area contributed by atoms with Crippen LogP contribution in [-0.2, 0) is 22.7 Å². The van der Waals surface area contributed by atoms with E-state index in [0.29, 0.717) is 55.3 Å². The van der Waals surface area contributed by atoms with Gasteiger partial charge < -0.3 is 23.5 Å². The van der Waals surface area contributed by atoms with Gasteiger partial charge in [-0.25, -0.2) is 0 Å². The average Bonchev–Trinajstić information content (AvgIpc) is 3.50. The molecule has 0 spiro atoms. The summed E-state index contributed by atoms with van der Waals surface area (Å²) in [5.74, 6) is 1.04. The molecule has 4 aromatic rings. The first-order valence-electron chi connectivity index (χ1n) is 14.4. The van der Waals surface area contributed by atoms with Crippen molar-refractivity contribution in [3.05, 3.63) is 89.2 Å². The molecule has 2 aromatic heterocycles. The minimum atomic E-state index is -1.15. The Hall–Kier alpha value is -4.37. The van der Waals surface area contributed by atoms with Crippen molar-refractivity contribution in [3.8, 4) is 5.75 Å². The molecule has 0 atom stereocenters.